The van der Waals surface area contributed by atoms with E-state index in [0.29, 0.717) is 5.56 Å². The van der Waals surface area contributed by atoms with Crippen LogP contribution in [0.3, 0.4) is 0 Å². The lowest BCUT2D eigenvalue weighted by molar-refractivity contribution is -0.0606. The van der Waals surface area contributed by atoms with Gasteiger partial charge in [-0.05, 0) is 36.4 Å². The summed E-state index contributed by atoms with van der Waals surface area (Å²) in [4.78, 5) is 62.6. The molecule has 6 rings (SSSR count). The standard InChI is InChI=1S/C31H25N5O8/c32-31-34-25-22(26(37)35-31)33-17-36(25)27-24(44-30(40)20-14-8-3-9-15-20)23(43-29(39)19-12-6-2-7-13-19)21(42-27)16-41-28(38)18-10-4-1-5-11-18/h1-15,17,21,23-24,27H,16H2,(H3,32,34,35,37)/t21-,23-,24-,27-/m1/s1. The van der Waals surface area contributed by atoms with Gasteiger partial charge in [-0.15, -0.1) is 0 Å². The summed E-state index contributed by atoms with van der Waals surface area (Å²) in [6.07, 6.45) is -3.66. The first-order chi connectivity index (χ1) is 21.4. The largest absolute Gasteiger partial charge is 0.459 e. The monoisotopic (exact) mass is 595 g/mol. The second-order valence-corrected chi connectivity index (χ2v) is 9.78. The van der Waals surface area contributed by atoms with Gasteiger partial charge in [0.05, 0.1) is 23.0 Å². The normalized spacial score (nSPS) is 19.4. The first kappa shape index (κ1) is 28.3. The number of rotatable bonds is 8. The van der Waals surface area contributed by atoms with Crippen LogP contribution in [-0.4, -0.2) is 62.3 Å². The Morgan fingerprint density at radius 1 is 0.795 bits per heavy atom. The van der Waals surface area contributed by atoms with Crippen molar-refractivity contribution in [3.8, 4) is 0 Å². The number of H-pyrrole nitrogens is 1. The van der Waals surface area contributed by atoms with Crippen LogP contribution < -0.4 is 11.3 Å². The minimum atomic E-state index is -1.31. The van der Waals surface area contributed by atoms with Gasteiger partial charge in [0.25, 0.3) is 5.56 Å². The molecule has 2 aromatic heterocycles. The summed E-state index contributed by atoms with van der Waals surface area (Å²) in [6, 6.07) is 24.7. The Bertz CT molecular complexity index is 1860. The maximum absolute atomic E-state index is 13.3. The van der Waals surface area contributed by atoms with Crippen LogP contribution in [0.5, 0.6) is 0 Å². The summed E-state index contributed by atoms with van der Waals surface area (Å²) in [7, 11) is 0. The van der Waals surface area contributed by atoms with Crippen LogP contribution in [0, 0.1) is 0 Å². The molecule has 0 amide bonds. The molecule has 1 aliphatic heterocycles. The van der Waals surface area contributed by atoms with E-state index in [2.05, 4.69) is 15.0 Å². The average Bonchev–Trinajstić information content (AvgIpc) is 3.62. The number of carbonyl (C=O) groups is 3. The molecule has 1 fully saturated rings. The molecule has 0 aliphatic carbocycles. The molecule has 1 saturated heterocycles. The topological polar surface area (TPSA) is 178 Å². The van der Waals surface area contributed by atoms with E-state index in [0.717, 1.165) is 0 Å². The maximum atomic E-state index is 13.3. The smallest absolute Gasteiger partial charge is 0.338 e. The van der Waals surface area contributed by atoms with Crippen molar-refractivity contribution in [1.82, 2.24) is 19.5 Å². The van der Waals surface area contributed by atoms with E-state index >= 15 is 0 Å². The van der Waals surface area contributed by atoms with E-state index in [4.69, 9.17) is 24.7 Å². The van der Waals surface area contributed by atoms with E-state index in [1.54, 1.807) is 91.0 Å². The molecule has 0 unspecified atom stereocenters. The van der Waals surface area contributed by atoms with Gasteiger partial charge in [0, 0.05) is 0 Å². The Labute approximate surface area is 249 Å². The van der Waals surface area contributed by atoms with Crippen LogP contribution in [0.4, 0.5) is 5.95 Å². The molecular weight excluding hydrogens is 570 g/mol. The Morgan fingerprint density at radius 3 is 1.89 bits per heavy atom. The van der Waals surface area contributed by atoms with Gasteiger partial charge >= 0.3 is 17.9 Å². The van der Waals surface area contributed by atoms with Crippen molar-refractivity contribution in [3.63, 3.8) is 0 Å². The minimum absolute atomic E-state index is 0.0343. The summed E-state index contributed by atoms with van der Waals surface area (Å²) < 4.78 is 25.0. The van der Waals surface area contributed by atoms with E-state index in [1.165, 1.54) is 10.9 Å². The highest BCUT2D eigenvalue weighted by Gasteiger charge is 2.52. The van der Waals surface area contributed by atoms with Crippen molar-refractivity contribution < 1.29 is 33.3 Å². The van der Waals surface area contributed by atoms with Crippen LogP contribution in [0.15, 0.2) is 102 Å². The number of ether oxygens (including phenoxy) is 4. The molecule has 5 aromatic rings. The minimum Gasteiger partial charge on any atom is -0.459 e. The third-order valence-corrected chi connectivity index (χ3v) is 6.90. The number of nitrogen functional groups attached to an aromatic ring is 1. The van der Waals surface area contributed by atoms with Crippen molar-refractivity contribution in [2.24, 2.45) is 0 Å². The molecule has 44 heavy (non-hydrogen) atoms. The summed E-state index contributed by atoms with van der Waals surface area (Å²) in [5, 5.41) is 0. The van der Waals surface area contributed by atoms with Crippen LogP contribution in [0.2, 0.25) is 0 Å². The highest BCUT2D eigenvalue weighted by molar-refractivity contribution is 5.91. The number of imidazole rings is 1. The number of benzene rings is 3. The molecule has 222 valence electrons. The molecule has 0 spiro atoms. The molecule has 3 aromatic carbocycles. The third kappa shape index (κ3) is 5.76. The number of nitrogens with one attached hydrogen (secondary N) is 1. The van der Waals surface area contributed by atoms with E-state index in [1.807, 2.05) is 0 Å². The zero-order valence-corrected chi connectivity index (χ0v) is 22.9. The fourth-order valence-electron chi connectivity index (χ4n) is 4.81. The summed E-state index contributed by atoms with van der Waals surface area (Å²) in [5.74, 6) is -2.28. The quantitative estimate of drug-likeness (QED) is 0.199. The van der Waals surface area contributed by atoms with Crippen LogP contribution in [0.1, 0.15) is 37.3 Å². The lowest BCUT2D eigenvalue weighted by Gasteiger charge is -2.25. The number of nitrogens with two attached hydrogens (primary N) is 1. The molecule has 13 nitrogen and oxygen atoms in total. The van der Waals surface area contributed by atoms with Gasteiger partial charge in [-0.25, -0.2) is 19.4 Å². The van der Waals surface area contributed by atoms with Gasteiger partial charge in [-0.1, -0.05) is 54.6 Å². The Morgan fingerprint density at radius 2 is 1.32 bits per heavy atom. The van der Waals surface area contributed by atoms with Crippen molar-refractivity contribution in [1.29, 1.82) is 0 Å². The molecule has 3 heterocycles. The first-order valence-corrected chi connectivity index (χ1v) is 13.5. The van der Waals surface area contributed by atoms with E-state index in [9.17, 15) is 19.2 Å². The lowest BCUT2D eigenvalue weighted by atomic mass is 10.1. The molecule has 0 radical (unpaired) electrons. The van der Waals surface area contributed by atoms with Crippen molar-refractivity contribution >= 4 is 35.0 Å². The summed E-state index contributed by atoms with van der Waals surface area (Å²) in [5.41, 5.74) is 5.96. The number of aromatic nitrogens is 4. The number of nitrogens with zero attached hydrogens (tertiary/aromatic N) is 3. The highest BCUT2D eigenvalue weighted by Crippen LogP contribution is 2.36. The number of hydrogen-bond donors (Lipinski definition) is 2. The number of esters is 3. The molecule has 0 bridgehead atoms. The zero-order chi connectivity index (χ0) is 30.6. The van der Waals surface area contributed by atoms with Crippen LogP contribution in [0.25, 0.3) is 11.2 Å². The zero-order valence-electron chi connectivity index (χ0n) is 22.9. The summed E-state index contributed by atoms with van der Waals surface area (Å²) >= 11 is 0. The predicted octanol–water partition coefficient (Wildman–Crippen LogP) is 2.91. The molecule has 3 N–H and O–H groups in total. The van der Waals surface area contributed by atoms with Gasteiger partial charge < -0.3 is 24.7 Å². The van der Waals surface area contributed by atoms with Crippen molar-refractivity contribution in [2.45, 2.75) is 24.5 Å². The van der Waals surface area contributed by atoms with E-state index in [-0.39, 0.29) is 34.8 Å². The van der Waals surface area contributed by atoms with Crippen LogP contribution >= 0.6 is 0 Å². The molecule has 4 atom stereocenters. The second-order valence-electron chi connectivity index (χ2n) is 9.78. The highest BCUT2D eigenvalue weighted by atomic mass is 16.7. The van der Waals surface area contributed by atoms with E-state index < -0.39 is 48.0 Å². The van der Waals surface area contributed by atoms with Gasteiger partial charge in [0.2, 0.25) is 5.95 Å². The fourth-order valence-corrected chi connectivity index (χ4v) is 4.81. The second kappa shape index (κ2) is 12.2. The van der Waals surface area contributed by atoms with Gasteiger partial charge in [0.15, 0.2) is 29.6 Å². The van der Waals surface area contributed by atoms with Crippen molar-refractivity contribution in [3.05, 3.63) is 124 Å². The third-order valence-electron chi connectivity index (χ3n) is 6.90. The Hall–Kier alpha value is -5.82. The van der Waals surface area contributed by atoms with Gasteiger partial charge in [-0.2, -0.15) is 4.98 Å². The fraction of sp³-hybridized carbons (Fsp3) is 0.161. The lowest BCUT2D eigenvalue weighted by Crippen LogP contribution is -2.41. The Kier molecular flexibility index (Phi) is 7.84. The molecule has 0 saturated carbocycles. The van der Waals surface area contributed by atoms with Gasteiger partial charge in [-0.3, -0.25) is 14.3 Å². The molecule has 1 aliphatic rings. The Balaban J connectivity index is 1.39. The van der Waals surface area contributed by atoms with Crippen molar-refractivity contribution in [2.75, 3.05) is 12.3 Å². The molecular formula is C31H25N5O8. The summed E-state index contributed by atoms with van der Waals surface area (Å²) in [6.45, 7) is -0.376. The van der Waals surface area contributed by atoms with Crippen LogP contribution in [-0.2, 0) is 18.9 Å². The molecule has 13 heteroatoms. The number of carbonyl (C=O) groups excluding carboxylic acids is 3. The SMILES string of the molecule is Nc1nc2c(ncn2[C@@H]2O[C@H](COC(=O)c3ccccc3)[C@@H](OC(=O)c3ccccc3)[C@H]2OC(=O)c2ccccc2)c(=O)[nH]1. The first-order valence-electron chi connectivity index (χ1n) is 13.5. The number of aromatic amines is 1. The number of hydrogen-bond acceptors (Lipinski definition) is 11. The number of fused-ring (bicyclic) bond motifs is 1. The maximum Gasteiger partial charge on any atom is 0.338 e. The average molecular weight is 596 g/mol. The van der Waals surface area contributed by atoms with Gasteiger partial charge in [0.1, 0.15) is 12.7 Å². The predicted molar refractivity (Wildman–Crippen MR) is 154 cm³/mol. The number of anilines is 1.